The summed E-state index contributed by atoms with van der Waals surface area (Å²) in [6.07, 6.45) is 1.91. The molecule has 2 fully saturated rings. The van der Waals surface area contributed by atoms with E-state index in [1.165, 1.54) is 17.7 Å². The van der Waals surface area contributed by atoms with Crippen molar-refractivity contribution >= 4 is 22.5 Å². The Labute approximate surface area is 223 Å². The van der Waals surface area contributed by atoms with Crippen LogP contribution in [0.3, 0.4) is 0 Å². The maximum atomic E-state index is 15.2. The first-order valence-corrected chi connectivity index (χ1v) is 13.1. The number of aromatic nitrogens is 5. The van der Waals surface area contributed by atoms with E-state index >= 15 is 13.2 Å². The quantitative estimate of drug-likeness (QED) is 0.378. The van der Waals surface area contributed by atoms with Gasteiger partial charge in [-0.15, -0.1) is 5.10 Å². The smallest absolute Gasteiger partial charge is 0.280 e. The summed E-state index contributed by atoms with van der Waals surface area (Å²) < 4.78 is 59.9. The molecule has 2 aliphatic heterocycles. The molecule has 0 aliphatic carbocycles. The van der Waals surface area contributed by atoms with Crippen molar-refractivity contribution in [2.45, 2.75) is 57.7 Å². The summed E-state index contributed by atoms with van der Waals surface area (Å²) in [5, 5.41) is 7.30. The van der Waals surface area contributed by atoms with Crippen molar-refractivity contribution in [2.24, 2.45) is 0 Å². The van der Waals surface area contributed by atoms with E-state index < -0.39 is 17.8 Å². The van der Waals surface area contributed by atoms with Gasteiger partial charge in [0.2, 0.25) is 11.8 Å². The van der Waals surface area contributed by atoms with Crippen LogP contribution in [-0.2, 0) is 4.74 Å². The summed E-state index contributed by atoms with van der Waals surface area (Å²) in [4.78, 5) is 10.6. The molecule has 0 amide bonds. The van der Waals surface area contributed by atoms with Crippen molar-refractivity contribution in [2.75, 3.05) is 38.7 Å². The lowest BCUT2D eigenvalue weighted by Gasteiger charge is -2.51. The number of benzene rings is 1. The highest BCUT2D eigenvalue weighted by atomic mass is 19.3. The number of alkyl halides is 2. The normalized spacial score (nSPS) is 21.0. The highest BCUT2D eigenvalue weighted by Crippen LogP contribution is 2.37. The minimum absolute atomic E-state index is 0.0351. The van der Waals surface area contributed by atoms with Crippen molar-refractivity contribution in [3.63, 3.8) is 0 Å². The predicted octanol–water partition coefficient (Wildman–Crippen LogP) is 4.69. The number of hydrogen-bond donors (Lipinski definition) is 1. The van der Waals surface area contributed by atoms with Gasteiger partial charge in [-0.25, -0.2) is 22.7 Å². The number of piperidine rings is 1. The Morgan fingerprint density at radius 1 is 1.21 bits per heavy atom. The third-order valence-electron chi connectivity index (χ3n) is 7.92. The van der Waals surface area contributed by atoms with Crippen molar-refractivity contribution < 1.29 is 22.6 Å². The first kappa shape index (κ1) is 25.9. The third kappa shape index (κ3) is 4.20. The lowest BCUT2D eigenvalue weighted by Crippen LogP contribution is -2.67. The van der Waals surface area contributed by atoms with E-state index in [2.05, 4.69) is 20.4 Å². The predicted molar refractivity (Wildman–Crippen MR) is 141 cm³/mol. The zero-order valence-electron chi connectivity index (χ0n) is 22.6. The van der Waals surface area contributed by atoms with Crippen molar-refractivity contribution in [3.8, 4) is 17.0 Å². The molecule has 9 nitrogen and oxygen atoms in total. The van der Waals surface area contributed by atoms with E-state index in [-0.39, 0.29) is 36.4 Å². The fraction of sp³-hybridized carbons (Fsp3) is 0.519. The number of ether oxygens (including phenoxy) is 2. The first-order valence-electron chi connectivity index (χ1n) is 13.1. The molecule has 0 unspecified atom stereocenters. The second kappa shape index (κ2) is 9.09. The van der Waals surface area contributed by atoms with Crippen LogP contribution in [0.1, 0.15) is 39.1 Å². The van der Waals surface area contributed by atoms with Gasteiger partial charge in [-0.3, -0.25) is 4.90 Å². The summed E-state index contributed by atoms with van der Waals surface area (Å²) in [5.74, 6) is -2.46. The van der Waals surface area contributed by atoms with Gasteiger partial charge >= 0.3 is 0 Å². The fourth-order valence-electron chi connectivity index (χ4n) is 5.82. The van der Waals surface area contributed by atoms with Crippen LogP contribution in [0.4, 0.5) is 19.1 Å². The number of anilines is 1. The second-order valence-corrected chi connectivity index (χ2v) is 11.1. The summed E-state index contributed by atoms with van der Waals surface area (Å²) in [5.41, 5.74) is 2.43. The average Bonchev–Trinajstić information content (AvgIpc) is 3.44. The van der Waals surface area contributed by atoms with Crippen molar-refractivity contribution in [1.29, 1.82) is 0 Å². The molecule has 2 saturated heterocycles. The van der Waals surface area contributed by atoms with E-state index in [9.17, 15) is 0 Å². The summed E-state index contributed by atoms with van der Waals surface area (Å²) in [6, 6.07) is 4.07. The van der Waals surface area contributed by atoms with Crippen LogP contribution >= 0.6 is 0 Å². The van der Waals surface area contributed by atoms with Crippen LogP contribution in [0.5, 0.6) is 5.88 Å². The molecule has 1 N–H and O–H groups in total. The zero-order chi connectivity index (χ0) is 27.7. The molecular weight excluding hydrogens is 511 g/mol. The molecule has 39 heavy (non-hydrogen) atoms. The van der Waals surface area contributed by atoms with Gasteiger partial charge in [0, 0.05) is 24.3 Å². The highest BCUT2D eigenvalue weighted by molar-refractivity contribution is 5.90. The number of hydrogen-bond acceptors (Lipinski definition) is 7. The van der Waals surface area contributed by atoms with E-state index in [1.54, 1.807) is 17.2 Å². The maximum Gasteiger partial charge on any atom is 0.280 e. The SMILES string of the molecule is COc1nc(N[C@@H]2CCN(C3(C)COC3)CC2(F)F)nn2ccc(-c3cc(F)c4nc(C)n(C(C)C)c4c3)c12. The highest BCUT2D eigenvalue weighted by Gasteiger charge is 2.51. The molecule has 0 spiro atoms. The molecule has 0 radical (unpaired) electrons. The van der Waals surface area contributed by atoms with E-state index in [4.69, 9.17) is 9.47 Å². The van der Waals surface area contributed by atoms with E-state index in [0.29, 0.717) is 47.4 Å². The summed E-state index contributed by atoms with van der Waals surface area (Å²) in [7, 11) is 1.46. The Morgan fingerprint density at radius 3 is 2.62 bits per heavy atom. The minimum Gasteiger partial charge on any atom is -0.479 e. The van der Waals surface area contributed by atoms with Crippen molar-refractivity contribution in [3.05, 3.63) is 36.0 Å². The van der Waals surface area contributed by atoms with Crippen LogP contribution in [0, 0.1) is 12.7 Å². The van der Waals surface area contributed by atoms with Gasteiger partial charge in [0.05, 0.1) is 44.0 Å². The molecule has 2 aliphatic rings. The van der Waals surface area contributed by atoms with Crippen molar-refractivity contribution in [1.82, 2.24) is 29.0 Å². The Morgan fingerprint density at radius 2 is 1.97 bits per heavy atom. The van der Waals surface area contributed by atoms with E-state index in [0.717, 1.165) is 5.82 Å². The second-order valence-electron chi connectivity index (χ2n) is 11.1. The Hall–Kier alpha value is -3.38. The number of rotatable bonds is 6. The Bertz CT molecular complexity index is 1560. The standard InChI is InChI=1S/C27H32F3N7O2/c1-15(2)37-16(3)31-22-19(28)10-17(11-20(22)37)18-6-9-36-23(18)24(38-5)33-25(34-36)32-21-7-8-35(12-27(21,29)30)26(4)13-39-14-26/h6,9-11,15,21H,7-8,12-14H2,1-5H3,(H,32,34)/t21-/m1/s1. The molecular formula is C27H32F3N7O2. The zero-order valence-corrected chi connectivity index (χ0v) is 22.6. The van der Waals surface area contributed by atoms with Gasteiger partial charge in [0.15, 0.2) is 5.82 Å². The molecule has 208 valence electrons. The molecule has 0 bridgehead atoms. The molecule has 0 saturated carbocycles. The topological polar surface area (TPSA) is 81.7 Å². The number of imidazole rings is 1. The molecule has 4 aromatic rings. The number of nitrogens with zero attached hydrogens (tertiary/aromatic N) is 6. The number of methoxy groups -OCH3 is 1. The van der Waals surface area contributed by atoms with Crippen LogP contribution in [0.2, 0.25) is 0 Å². The number of likely N-dealkylation sites (tertiary alicyclic amines) is 1. The van der Waals surface area contributed by atoms with E-state index in [1.807, 2.05) is 38.3 Å². The van der Waals surface area contributed by atoms with Gasteiger partial charge in [0.25, 0.3) is 5.92 Å². The fourth-order valence-corrected chi connectivity index (χ4v) is 5.82. The van der Waals surface area contributed by atoms with Crippen LogP contribution in [0.25, 0.3) is 27.7 Å². The number of nitrogens with one attached hydrogen (secondary N) is 1. The van der Waals surface area contributed by atoms with Crippen LogP contribution < -0.4 is 10.1 Å². The van der Waals surface area contributed by atoms with Gasteiger partial charge in [-0.2, -0.15) is 4.98 Å². The monoisotopic (exact) mass is 543 g/mol. The molecule has 3 aromatic heterocycles. The van der Waals surface area contributed by atoms with Gasteiger partial charge < -0.3 is 19.4 Å². The molecule has 1 atom stereocenters. The van der Waals surface area contributed by atoms with Crippen LogP contribution in [0.15, 0.2) is 24.4 Å². The minimum atomic E-state index is -2.99. The largest absolute Gasteiger partial charge is 0.479 e. The average molecular weight is 544 g/mol. The molecule has 12 heteroatoms. The third-order valence-corrected chi connectivity index (χ3v) is 7.92. The molecule has 6 rings (SSSR count). The van der Waals surface area contributed by atoms with Gasteiger partial charge in [-0.05, 0) is 57.9 Å². The number of halogens is 3. The Balaban J connectivity index is 1.34. The van der Waals surface area contributed by atoms with Gasteiger partial charge in [0.1, 0.15) is 16.9 Å². The number of aryl methyl sites for hydroxylation is 1. The Kier molecular flexibility index (Phi) is 6.03. The number of fused-ring (bicyclic) bond motifs is 2. The maximum absolute atomic E-state index is 15.2. The lowest BCUT2D eigenvalue weighted by atomic mass is 9.91. The first-order chi connectivity index (χ1) is 18.5. The molecule has 5 heterocycles. The lowest BCUT2D eigenvalue weighted by molar-refractivity contribution is -0.174. The van der Waals surface area contributed by atoms with Crippen LogP contribution in [-0.4, -0.2) is 80.0 Å². The van der Waals surface area contributed by atoms with Gasteiger partial charge in [-0.1, -0.05) is 0 Å². The summed E-state index contributed by atoms with van der Waals surface area (Å²) in [6.45, 7) is 8.93. The molecule has 1 aromatic carbocycles. The summed E-state index contributed by atoms with van der Waals surface area (Å²) >= 11 is 0.